The van der Waals surface area contributed by atoms with Gasteiger partial charge in [0.05, 0.1) is 9.90 Å². The number of halogens is 2. The largest absolute Gasteiger partial charge is 0.508 e. The zero-order valence-electron chi connectivity index (χ0n) is 18.7. The molecule has 3 aromatic carbocycles. The second-order valence-corrected chi connectivity index (χ2v) is 9.59. The van der Waals surface area contributed by atoms with Gasteiger partial charge in [0.25, 0.3) is 0 Å². The lowest BCUT2D eigenvalue weighted by Gasteiger charge is -2.26. The van der Waals surface area contributed by atoms with E-state index >= 15 is 0 Å². The molecule has 0 unspecified atom stereocenters. The molecule has 7 heteroatoms. The van der Waals surface area contributed by atoms with Gasteiger partial charge in [0.15, 0.2) is 0 Å². The summed E-state index contributed by atoms with van der Waals surface area (Å²) in [5, 5.41) is 14.4. The molecule has 34 heavy (non-hydrogen) atoms. The molecule has 0 amide bonds. The van der Waals surface area contributed by atoms with E-state index in [1.807, 2.05) is 53.9 Å². The van der Waals surface area contributed by atoms with Crippen molar-refractivity contribution in [2.45, 2.75) is 19.3 Å². The normalized spacial score (nSPS) is 14.0. The maximum Gasteiger partial charge on any atom is 0.143 e. The standard InChI is InChI=1S/C27H26ClNO3S.ClH/c28-25-12-17-33-27(25)24-10-4-19-18-20(30)5-11-23(19)26(24)32-22-8-6-21(7-9-22)31-16-15-29-13-2-1-3-14-29;/h4-12,17-18,30H,1-3,13-16H2;1H. The molecular formula is C27H27Cl2NO3S. The van der Waals surface area contributed by atoms with E-state index in [-0.39, 0.29) is 18.2 Å². The molecule has 1 aromatic heterocycles. The van der Waals surface area contributed by atoms with Crippen molar-refractivity contribution >= 4 is 46.1 Å². The lowest BCUT2D eigenvalue weighted by molar-refractivity contribution is 0.183. The molecule has 1 saturated heterocycles. The zero-order valence-corrected chi connectivity index (χ0v) is 21.1. The fourth-order valence-electron chi connectivity index (χ4n) is 4.26. The van der Waals surface area contributed by atoms with Crippen molar-refractivity contribution in [3.63, 3.8) is 0 Å². The Morgan fingerprint density at radius 1 is 0.912 bits per heavy atom. The third kappa shape index (κ3) is 5.61. The van der Waals surface area contributed by atoms with Gasteiger partial charge in [0.2, 0.25) is 0 Å². The summed E-state index contributed by atoms with van der Waals surface area (Å²) in [4.78, 5) is 3.43. The van der Waals surface area contributed by atoms with Gasteiger partial charge in [-0.1, -0.05) is 24.1 Å². The van der Waals surface area contributed by atoms with Crippen LogP contribution in [0.1, 0.15) is 19.3 Å². The molecule has 1 N–H and O–H groups in total. The van der Waals surface area contributed by atoms with Crippen molar-refractivity contribution in [3.8, 4) is 33.4 Å². The highest BCUT2D eigenvalue weighted by Crippen LogP contribution is 2.44. The number of rotatable bonds is 7. The second-order valence-electron chi connectivity index (χ2n) is 8.27. The summed E-state index contributed by atoms with van der Waals surface area (Å²) in [7, 11) is 0. The number of aromatic hydroxyl groups is 1. The predicted octanol–water partition coefficient (Wildman–Crippen LogP) is 8.01. The molecule has 0 radical (unpaired) electrons. The highest BCUT2D eigenvalue weighted by atomic mass is 35.5. The molecule has 0 aliphatic carbocycles. The first kappa shape index (κ1) is 24.7. The van der Waals surface area contributed by atoms with Crippen LogP contribution in [0.3, 0.4) is 0 Å². The van der Waals surface area contributed by atoms with Gasteiger partial charge < -0.3 is 14.6 Å². The van der Waals surface area contributed by atoms with Gasteiger partial charge in [0.1, 0.15) is 29.6 Å². The Bertz CT molecular complexity index is 1240. The maximum atomic E-state index is 9.92. The van der Waals surface area contributed by atoms with E-state index in [1.165, 1.54) is 32.4 Å². The Balaban J connectivity index is 0.00000274. The van der Waals surface area contributed by atoms with Crippen LogP contribution in [0.25, 0.3) is 21.2 Å². The smallest absolute Gasteiger partial charge is 0.143 e. The van der Waals surface area contributed by atoms with Crippen LogP contribution in [0, 0.1) is 0 Å². The minimum Gasteiger partial charge on any atom is -0.508 e. The first-order valence-corrected chi connectivity index (χ1v) is 12.6. The fraction of sp³-hybridized carbons (Fsp3) is 0.259. The first-order valence-electron chi connectivity index (χ1n) is 11.3. The molecule has 2 heterocycles. The highest BCUT2D eigenvalue weighted by Gasteiger charge is 2.16. The molecule has 4 nitrogen and oxygen atoms in total. The maximum absolute atomic E-state index is 9.92. The van der Waals surface area contributed by atoms with Crippen LogP contribution in [-0.4, -0.2) is 36.2 Å². The molecule has 0 bridgehead atoms. The topological polar surface area (TPSA) is 41.9 Å². The van der Waals surface area contributed by atoms with Crippen molar-refractivity contribution in [3.05, 3.63) is 71.1 Å². The Hall–Kier alpha value is -2.44. The molecule has 4 aromatic rings. The van der Waals surface area contributed by atoms with E-state index < -0.39 is 0 Å². The lowest BCUT2D eigenvalue weighted by atomic mass is 10.0. The summed E-state index contributed by atoms with van der Waals surface area (Å²) >= 11 is 8.02. The first-order chi connectivity index (χ1) is 16.2. The van der Waals surface area contributed by atoms with Gasteiger partial charge in [-0.3, -0.25) is 4.90 Å². The number of piperidine rings is 1. The molecule has 1 fully saturated rings. The lowest BCUT2D eigenvalue weighted by Crippen LogP contribution is -2.33. The Labute approximate surface area is 215 Å². The van der Waals surface area contributed by atoms with Crippen LogP contribution in [0.5, 0.6) is 23.0 Å². The molecule has 1 aliphatic heterocycles. The predicted molar refractivity (Wildman–Crippen MR) is 143 cm³/mol. The fourth-order valence-corrected chi connectivity index (χ4v) is 5.44. The Kier molecular flexibility index (Phi) is 8.22. The van der Waals surface area contributed by atoms with Crippen molar-refractivity contribution in [2.24, 2.45) is 0 Å². The van der Waals surface area contributed by atoms with Crippen LogP contribution >= 0.6 is 35.3 Å². The summed E-state index contributed by atoms with van der Waals surface area (Å²) in [5.74, 6) is 2.49. The monoisotopic (exact) mass is 515 g/mol. The molecule has 1 aliphatic rings. The van der Waals surface area contributed by atoms with Crippen LogP contribution in [0.15, 0.2) is 66.0 Å². The number of phenols is 1. The van der Waals surface area contributed by atoms with Crippen LogP contribution in [-0.2, 0) is 0 Å². The van der Waals surface area contributed by atoms with Crippen LogP contribution < -0.4 is 9.47 Å². The number of hydrogen-bond donors (Lipinski definition) is 1. The second kappa shape index (κ2) is 11.3. The minimum atomic E-state index is 0. The third-order valence-corrected chi connectivity index (χ3v) is 7.36. The summed E-state index contributed by atoms with van der Waals surface area (Å²) < 4.78 is 12.4. The SMILES string of the molecule is Cl.Oc1ccc2c(Oc3ccc(OCCN4CCCCC4)cc3)c(-c3sccc3Cl)ccc2c1. The van der Waals surface area contributed by atoms with Gasteiger partial charge in [-0.2, -0.15) is 0 Å². The van der Waals surface area contributed by atoms with Crippen molar-refractivity contribution < 1.29 is 14.6 Å². The summed E-state index contributed by atoms with van der Waals surface area (Å²) in [5.41, 5.74) is 0.926. The number of hydrogen-bond acceptors (Lipinski definition) is 5. The molecule has 0 saturated carbocycles. The Morgan fingerprint density at radius 3 is 2.41 bits per heavy atom. The van der Waals surface area contributed by atoms with Gasteiger partial charge >= 0.3 is 0 Å². The van der Waals surface area contributed by atoms with Crippen LogP contribution in [0.4, 0.5) is 0 Å². The van der Waals surface area contributed by atoms with Gasteiger partial charge in [-0.25, -0.2) is 0 Å². The van der Waals surface area contributed by atoms with E-state index in [1.54, 1.807) is 23.5 Å². The van der Waals surface area contributed by atoms with Crippen LogP contribution in [0.2, 0.25) is 5.02 Å². The summed E-state index contributed by atoms with van der Waals surface area (Å²) in [6, 6.07) is 18.9. The quantitative estimate of drug-likeness (QED) is 0.270. The number of thiophene rings is 1. The van der Waals surface area contributed by atoms with Gasteiger partial charge in [-0.05, 0) is 91.3 Å². The summed E-state index contributed by atoms with van der Waals surface area (Å²) in [6.07, 6.45) is 3.92. The van der Waals surface area contributed by atoms with E-state index in [4.69, 9.17) is 21.1 Å². The van der Waals surface area contributed by atoms with E-state index in [9.17, 15) is 5.11 Å². The average Bonchev–Trinajstić information content (AvgIpc) is 3.26. The Morgan fingerprint density at radius 2 is 1.68 bits per heavy atom. The van der Waals surface area contributed by atoms with E-state index in [0.29, 0.717) is 17.4 Å². The third-order valence-electron chi connectivity index (χ3n) is 5.98. The number of nitrogens with zero attached hydrogens (tertiary/aromatic N) is 1. The van der Waals surface area contributed by atoms with E-state index in [0.717, 1.165) is 39.3 Å². The number of phenolic OH excluding ortho intramolecular Hbond substituents is 1. The molecule has 0 spiro atoms. The van der Waals surface area contributed by atoms with Crippen molar-refractivity contribution in [1.82, 2.24) is 4.90 Å². The number of likely N-dealkylation sites (tertiary alicyclic amines) is 1. The number of ether oxygens (including phenoxy) is 2. The highest BCUT2D eigenvalue weighted by molar-refractivity contribution is 7.14. The number of benzene rings is 3. The van der Waals surface area contributed by atoms with Gasteiger partial charge in [-0.15, -0.1) is 23.7 Å². The minimum absolute atomic E-state index is 0. The summed E-state index contributed by atoms with van der Waals surface area (Å²) in [6.45, 7) is 4.01. The zero-order chi connectivity index (χ0) is 22.6. The number of fused-ring (bicyclic) bond motifs is 1. The molecule has 0 atom stereocenters. The molecule has 5 rings (SSSR count). The van der Waals surface area contributed by atoms with E-state index in [2.05, 4.69) is 4.90 Å². The van der Waals surface area contributed by atoms with Crippen molar-refractivity contribution in [1.29, 1.82) is 0 Å². The molecular weight excluding hydrogens is 489 g/mol. The average molecular weight is 516 g/mol. The van der Waals surface area contributed by atoms with Crippen molar-refractivity contribution in [2.75, 3.05) is 26.2 Å². The van der Waals surface area contributed by atoms with Gasteiger partial charge in [0, 0.05) is 17.5 Å². The molecule has 178 valence electrons.